The van der Waals surface area contributed by atoms with Crippen LogP contribution in [0.25, 0.3) is 0 Å². The Morgan fingerprint density at radius 3 is 1.58 bits per heavy atom. The number of benzene rings is 4. The molecular formula is C35H42BrOP. The van der Waals surface area contributed by atoms with Crippen LogP contribution in [0.3, 0.4) is 0 Å². The van der Waals surface area contributed by atoms with Crippen LogP contribution in [0.2, 0.25) is 0 Å². The first kappa shape index (κ1) is 30.1. The Balaban J connectivity index is 0.00000400. The van der Waals surface area contributed by atoms with Gasteiger partial charge >= 0.3 is 0 Å². The van der Waals surface area contributed by atoms with E-state index in [1.807, 2.05) is 0 Å². The third-order valence-corrected chi connectivity index (χ3v) is 11.7. The Morgan fingerprint density at radius 1 is 0.605 bits per heavy atom. The molecule has 0 aliphatic carbocycles. The zero-order valence-electron chi connectivity index (χ0n) is 23.2. The Kier molecular flexibility index (Phi) is 11.6. The normalized spacial score (nSPS) is 11.6. The first-order valence-electron chi connectivity index (χ1n) is 13.8. The summed E-state index contributed by atoms with van der Waals surface area (Å²) in [6.45, 7) is 7.70. The molecule has 4 aromatic carbocycles. The summed E-state index contributed by atoms with van der Waals surface area (Å²) in [7, 11) is -1.97. The molecule has 0 aromatic heterocycles. The molecule has 4 rings (SSSR count). The average molecular weight is 590 g/mol. The highest BCUT2D eigenvalue weighted by atomic mass is 79.9. The molecule has 0 spiro atoms. The molecule has 0 radical (unpaired) electrons. The van der Waals surface area contributed by atoms with E-state index in [1.165, 1.54) is 53.6 Å². The molecule has 0 amide bonds. The molecular weight excluding hydrogens is 547 g/mol. The number of unbranched alkanes of at least 4 members (excludes halogenated alkanes) is 3. The highest BCUT2D eigenvalue weighted by molar-refractivity contribution is 7.95. The number of halogens is 1. The zero-order valence-corrected chi connectivity index (χ0v) is 25.6. The van der Waals surface area contributed by atoms with E-state index < -0.39 is 7.26 Å². The van der Waals surface area contributed by atoms with Crippen molar-refractivity contribution in [1.29, 1.82) is 0 Å². The Bertz CT molecular complexity index is 1110. The maximum Gasteiger partial charge on any atom is 0.126 e. The highest BCUT2D eigenvalue weighted by Crippen LogP contribution is 2.59. The number of ether oxygens (including phenoxy) is 1. The van der Waals surface area contributed by atoms with Gasteiger partial charge in [-0.3, -0.25) is 0 Å². The molecule has 38 heavy (non-hydrogen) atoms. The molecule has 0 unspecified atom stereocenters. The van der Waals surface area contributed by atoms with Crippen LogP contribution in [0.5, 0.6) is 5.75 Å². The fourth-order valence-corrected chi connectivity index (χ4v) is 9.43. The van der Waals surface area contributed by atoms with E-state index in [4.69, 9.17) is 4.74 Å². The fraction of sp³-hybridized carbons (Fsp3) is 0.314. The molecule has 0 aliphatic heterocycles. The predicted octanol–water partition coefficient (Wildman–Crippen LogP) is 5.56. The maximum atomic E-state index is 6.63. The second-order valence-electron chi connectivity index (χ2n) is 10.8. The van der Waals surface area contributed by atoms with Crippen molar-refractivity contribution in [3.05, 3.63) is 121 Å². The van der Waals surface area contributed by atoms with Gasteiger partial charge in [-0.25, -0.2) is 0 Å². The monoisotopic (exact) mass is 588 g/mol. The first-order chi connectivity index (χ1) is 18.0. The minimum atomic E-state index is -1.97. The fourth-order valence-electron chi connectivity index (χ4n) is 5.17. The second-order valence-corrected chi connectivity index (χ2v) is 14.3. The van der Waals surface area contributed by atoms with Gasteiger partial charge in [-0.2, -0.15) is 0 Å². The van der Waals surface area contributed by atoms with Gasteiger partial charge < -0.3 is 21.7 Å². The summed E-state index contributed by atoms with van der Waals surface area (Å²) in [4.78, 5) is 0. The van der Waals surface area contributed by atoms with Crippen molar-refractivity contribution in [2.45, 2.75) is 59.0 Å². The predicted molar refractivity (Wildman–Crippen MR) is 163 cm³/mol. The van der Waals surface area contributed by atoms with Crippen LogP contribution in [-0.2, 0) is 6.16 Å². The summed E-state index contributed by atoms with van der Waals surface area (Å²) in [6.07, 6.45) is 7.32. The molecule has 200 valence electrons. The van der Waals surface area contributed by atoms with Gasteiger partial charge in [0.25, 0.3) is 0 Å². The molecule has 0 bridgehead atoms. The van der Waals surface area contributed by atoms with E-state index in [-0.39, 0.29) is 22.4 Å². The maximum absolute atomic E-state index is 6.63. The summed E-state index contributed by atoms with van der Waals surface area (Å²) in [6, 6.07) is 42.0. The minimum Gasteiger partial charge on any atom is -1.00 e. The quantitative estimate of drug-likeness (QED) is 0.147. The van der Waals surface area contributed by atoms with Crippen LogP contribution in [0.15, 0.2) is 115 Å². The van der Waals surface area contributed by atoms with E-state index in [0.29, 0.717) is 0 Å². The van der Waals surface area contributed by atoms with Crippen LogP contribution >= 0.6 is 7.26 Å². The first-order valence-corrected chi connectivity index (χ1v) is 15.8. The van der Waals surface area contributed by atoms with Gasteiger partial charge in [0.15, 0.2) is 0 Å². The van der Waals surface area contributed by atoms with E-state index in [1.54, 1.807) is 0 Å². The Labute approximate surface area is 241 Å². The van der Waals surface area contributed by atoms with Gasteiger partial charge in [-0.15, -0.1) is 0 Å². The lowest BCUT2D eigenvalue weighted by Crippen LogP contribution is -3.00. The van der Waals surface area contributed by atoms with Gasteiger partial charge in [0, 0.05) is 5.56 Å². The van der Waals surface area contributed by atoms with E-state index >= 15 is 0 Å². The summed E-state index contributed by atoms with van der Waals surface area (Å²) in [5, 5.41) is 4.20. The molecule has 0 saturated heterocycles. The Morgan fingerprint density at radius 2 is 1.08 bits per heavy atom. The number of para-hydroxylation sites is 1. The zero-order chi connectivity index (χ0) is 26.0. The lowest BCUT2D eigenvalue weighted by Gasteiger charge is -2.29. The molecule has 0 heterocycles. The van der Waals surface area contributed by atoms with Crippen LogP contribution in [0.4, 0.5) is 0 Å². The molecule has 0 fully saturated rings. The Hall–Kier alpha value is -2.41. The van der Waals surface area contributed by atoms with Crippen molar-refractivity contribution in [3.8, 4) is 5.75 Å². The number of hydrogen-bond donors (Lipinski definition) is 0. The minimum absolute atomic E-state index is 0. The molecule has 0 aliphatic rings. The summed E-state index contributed by atoms with van der Waals surface area (Å²) < 4.78 is 6.63. The van der Waals surface area contributed by atoms with Crippen LogP contribution in [0, 0.1) is 5.41 Å². The third kappa shape index (κ3) is 7.58. The highest BCUT2D eigenvalue weighted by Gasteiger charge is 2.46. The second kappa shape index (κ2) is 14.7. The van der Waals surface area contributed by atoms with Crippen LogP contribution in [0.1, 0.15) is 58.4 Å². The molecule has 0 atom stereocenters. The average Bonchev–Trinajstić information content (AvgIpc) is 2.95. The molecule has 1 nitrogen and oxygen atoms in total. The van der Waals surface area contributed by atoms with E-state index in [2.05, 4.69) is 136 Å². The van der Waals surface area contributed by atoms with E-state index in [0.717, 1.165) is 18.5 Å². The van der Waals surface area contributed by atoms with E-state index in [9.17, 15) is 0 Å². The molecule has 0 saturated carbocycles. The van der Waals surface area contributed by atoms with Crippen LogP contribution < -0.4 is 37.6 Å². The van der Waals surface area contributed by atoms with Gasteiger partial charge in [-0.05, 0) is 54.3 Å². The van der Waals surface area contributed by atoms with Gasteiger partial charge in [0.1, 0.15) is 35.1 Å². The number of hydrogen-bond acceptors (Lipinski definition) is 1. The van der Waals surface area contributed by atoms with Crippen molar-refractivity contribution in [2.24, 2.45) is 5.41 Å². The third-order valence-electron chi connectivity index (χ3n) is 7.30. The van der Waals surface area contributed by atoms with Crippen molar-refractivity contribution in [2.75, 3.05) is 6.61 Å². The lowest BCUT2D eigenvalue weighted by atomic mass is 9.88. The van der Waals surface area contributed by atoms with Gasteiger partial charge in [-0.1, -0.05) is 119 Å². The topological polar surface area (TPSA) is 9.23 Å². The largest absolute Gasteiger partial charge is 1.00 e. The van der Waals surface area contributed by atoms with Gasteiger partial charge in [0.05, 0.1) is 6.61 Å². The summed E-state index contributed by atoms with van der Waals surface area (Å²) >= 11 is 0. The molecule has 4 aromatic rings. The lowest BCUT2D eigenvalue weighted by molar-refractivity contribution is -0.00000804. The standard InChI is InChI=1S/C35H42OP.BrH/c1-4-5-6-18-27-35(2,3)29-36-34-26-17-16-19-30(34)28-37(31-20-10-7-11-21-31,32-22-12-8-13-23-32)33-24-14-9-15-25-33;/h7-17,19-26H,4-6,18,27-29H2,1-3H3;1H/q+1;/p-1. The van der Waals surface area contributed by atoms with Crippen molar-refractivity contribution in [1.82, 2.24) is 0 Å². The molecule has 0 N–H and O–H groups in total. The van der Waals surface area contributed by atoms with Crippen molar-refractivity contribution >= 4 is 23.2 Å². The van der Waals surface area contributed by atoms with Crippen molar-refractivity contribution < 1.29 is 21.7 Å². The molecule has 3 heteroatoms. The summed E-state index contributed by atoms with van der Waals surface area (Å²) in [5.41, 5.74) is 1.44. The van der Waals surface area contributed by atoms with Gasteiger partial charge in [0.2, 0.25) is 0 Å². The van der Waals surface area contributed by atoms with Crippen molar-refractivity contribution in [3.63, 3.8) is 0 Å². The van der Waals surface area contributed by atoms with Crippen LogP contribution in [-0.4, -0.2) is 6.61 Å². The summed E-state index contributed by atoms with van der Waals surface area (Å²) in [5.74, 6) is 1.02. The SMILES string of the molecule is CCCCCCC(C)(C)COc1ccccc1C[P+](c1ccccc1)(c1ccccc1)c1ccccc1.[Br-]. The smallest absolute Gasteiger partial charge is 0.126 e. The number of rotatable bonds is 13.